The number of unbranched alkanes of at least 4 members (excludes halogenated alkanes) is 41. The van der Waals surface area contributed by atoms with Crippen molar-refractivity contribution >= 4 is 17.9 Å². The molecular weight excluding hydrogens is 769 g/mol. The average Bonchev–Trinajstić information content (AvgIpc) is 3.27. The van der Waals surface area contributed by atoms with Gasteiger partial charge in [0.05, 0.1) is 0 Å². The van der Waals surface area contributed by atoms with Crippen LogP contribution < -0.4 is 0 Å². The van der Waals surface area contributed by atoms with Gasteiger partial charge in [0.2, 0.25) is 0 Å². The highest BCUT2D eigenvalue weighted by atomic mass is 16.6. The summed E-state index contributed by atoms with van der Waals surface area (Å²) in [7, 11) is 0. The molecule has 0 saturated heterocycles. The van der Waals surface area contributed by atoms with Gasteiger partial charge < -0.3 is 14.2 Å². The van der Waals surface area contributed by atoms with Crippen LogP contribution in [0.5, 0.6) is 0 Å². The lowest BCUT2D eigenvalue weighted by molar-refractivity contribution is -0.167. The smallest absolute Gasteiger partial charge is 0.306 e. The van der Waals surface area contributed by atoms with Crippen LogP contribution in [0, 0.1) is 0 Å². The molecule has 0 aliphatic carbocycles. The summed E-state index contributed by atoms with van der Waals surface area (Å²) in [5.41, 5.74) is 0. The summed E-state index contributed by atoms with van der Waals surface area (Å²) in [4.78, 5) is 37.7. The van der Waals surface area contributed by atoms with Gasteiger partial charge >= 0.3 is 17.9 Å². The summed E-state index contributed by atoms with van der Waals surface area (Å²) >= 11 is 0. The summed E-state index contributed by atoms with van der Waals surface area (Å²) in [5.74, 6) is -0.851. The molecule has 0 aromatic carbocycles. The Balaban J connectivity index is 4.00. The number of carbonyl (C=O) groups excluding carboxylic acids is 3. The normalized spacial score (nSPS) is 11.9. The van der Waals surface area contributed by atoms with Crippen molar-refractivity contribution in [3.63, 3.8) is 0 Å². The fourth-order valence-electron chi connectivity index (χ4n) is 8.62. The van der Waals surface area contributed by atoms with Crippen LogP contribution in [0.3, 0.4) is 0 Å². The summed E-state index contributed by atoms with van der Waals surface area (Å²) in [6, 6.07) is 0. The molecule has 0 bridgehead atoms. The quantitative estimate of drug-likeness (QED) is 0.0344. The molecule has 0 rings (SSSR count). The first-order valence-electron chi connectivity index (χ1n) is 28.0. The highest BCUT2D eigenvalue weighted by molar-refractivity contribution is 5.71. The van der Waals surface area contributed by atoms with E-state index in [0.29, 0.717) is 19.3 Å². The molecule has 0 N–H and O–H groups in total. The highest BCUT2D eigenvalue weighted by Gasteiger charge is 2.19. The SMILES string of the molecule is CCCCCCCCCCCCCCCCCCCCCCCCCCCC(=O)OCC(COC(=O)CCCCCCCC)OC(=O)CCCCCCCCCCCCCCC. The minimum Gasteiger partial charge on any atom is -0.462 e. The molecule has 0 aliphatic heterocycles. The van der Waals surface area contributed by atoms with E-state index in [1.807, 2.05) is 0 Å². The van der Waals surface area contributed by atoms with Gasteiger partial charge in [-0.15, -0.1) is 0 Å². The Morgan fingerprint density at radius 2 is 0.435 bits per heavy atom. The van der Waals surface area contributed by atoms with Gasteiger partial charge in [0, 0.05) is 19.3 Å². The lowest BCUT2D eigenvalue weighted by Gasteiger charge is -2.18. The van der Waals surface area contributed by atoms with Crippen LogP contribution in [0.15, 0.2) is 0 Å². The first kappa shape index (κ1) is 60.4. The molecule has 0 spiro atoms. The number of carbonyl (C=O) groups is 3. The van der Waals surface area contributed by atoms with E-state index < -0.39 is 6.10 Å². The second kappa shape index (κ2) is 52.0. The highest BCUT2D eigenvalue weighted by Crippen LogP contribution is 2.18. The Labute approximate surface area is 387 Å². The van der Waals surface area contributed by atoms with E-state index in [-0.39, 0.29) is 31.1 Å². The number of ether oxygens (including phenoxy) is 3. The molecule has 0 saturated carbocycles. The van der Waals surface area contributed by atoms with Gasteiger partial charge in [-0.3, -0.25) is 14.4 Å². The van der Waals surface area contributed by atoms with Gasteiger partial charge in [-0.25, -0.2) is 0 Å². The van der Waals surface area contributed by atoms with Crippen molar-refractivity contribution in [3.8, 4) is 0 Å². The standard InChI is InChI=1S/C56H108O6/c1-4-7-10-13-16-18-20-22-23-24-25-26-27-28-29-30-31-32-33-35-36-38-40-43-46-49-55(58)61-52-53(51-60-54(57)48-45-42-15-12-9-6-3)62-56(59)50-47-44-41-39-37-34-21-19-17-14-11-8-5-2/h53H,4-52H2,1-3H3. The molecule has 0 aliphatic rings. The summed E-state index contributed by atoms with van der Waals surface area (Å²) in [5, 5.41) is 0. The Morgan fingerprint density at radius 1 is 0.258 bits per heavy atom. The van der Waals surface area contributed by atoms with E-state index in [2.05, 4.69) is 20.8 Å². The monoisotopic (exact) mass is 877 g/mol. The van der Waals surface area contributed by atoms with Gasteiger partial charge in [-0.2, -0.15) is 0 Å². The molecule has 6 nitrogen and oxygen atoms in total. The van der Waals surface area contributed by atoms with Gasteiger partial charge in [0.15, 0.2) is 6.10 Å². The lowest BCUT2D eigenvalue weighted by atomic mass is 10.0. The second-order valence-corrected chi connectivity index (χ2v) is 19.2. The van der Waals surface area contributed by atoms with Crippen molar-refractivity contribution in [2.45, 2.75) is 329 Å². The van der Waals surface area contributed by atoms with E-state index in [1.165, 1.54) is 225 Å². The zero-order valence-electron chi connectivity index (χ0n) is 42.2. The number of hydrogen-bond acceptors (Lipinski definition) is 6. The number of esters is 3. The van der Waals surface area contributed by atoms with E-state index in [9.17, 15) is 14.4 Å². The van der Waals surface area contributed by atoms with E-state index in [0.717, 1.165) is 57.8 Å². The van der Waals surface area contributed by atoms with Gasteiger partial charge in [-0.05, 0) is 19.3 Å². The molecule has 0 aromatic heterocycles. The van der Waals surface area contributed by atoms with Crippen LogP contribution in [0.2, 0.25) is 0 Å². The molecule has 0 heterocycles. The summed E-state index contributed by atoms with van der Waals surface area (Å²) in [6.45, 7) is 6.63. The summed E-state index contributed by atoms with van der Waals surface area (Å²) < 4.78 is 16.7. The zero-order valence-corrected chi connectivity index (χ0v) is 42.2. The first-order chi connectivity index (χ1) is 30.5. The molecule has 368 valence electrons. The van der Waals surface area contributed by atoms with Crippen LogP contribution in [-0.4, -0.2) is 37.2 Å². The van der Waals surface area contributed by atoms with Crippen molar-refractivity contribution in [2.24, 2.45) is 0 Å². The fraction of sp³-hybridized carbons (Fsp3) is 0.946. The maximum absolute atomic E-state index is 12.7. The third-order valence-electron chi connectivity index (χ3n) is 12.9. The first-order valence-corrected chi connectivity index (χ1v) is 28.0. The zero-order chi connectivity index (χ0) is 45.1. The van der Waals surface area contributed by atoms with Crippen LogP contribution >= 0.6 is 0 Å². The van der Waals surface area contributed by atoms with Crippen molar-refractivity contribution in [1.82, 2.24) is 0 Å². The Morgan fingerprint density at radius 3 is 0.645 bits per heavy atom. The topological polar surface area (TPSA) is 78.9 Å². The molecule has 6 heteroatoms. The van der Waals surface area contributed by atoms with Crippen LogP contribution in [0.1, 0.15) is 323 Å². The predicted octanol–water partition coefficient (Wildman–Crippen LogP) is 18.4. The molecule has 1 atom stereocenters. The van der Waals surface area contributed by atoms with Gasteiger partial charge in [0.25, 0.3) is 0 Å². The van der Waals surface area contributed by atoms with Gasteiger partial charge in [0.1, 0.15) is 13.2 Å². The number of rotatable bonds is 52. The van der Waals surface area contributed by atoms with Crippen LogP contribution in [-0.2, 0) is 28.6 Å². The van der Waals surface area contributed by atoms with Crippen molar-refractivity contribution in [3.05, 3.63) is 0 Å². The fourth-order valence-corrected chi connectivity index (χ4v) is 8.62. The Bertz CT molecular complexity index is 920. The predicted molar refractivity (Wildman–Crippen MR) is 266 cm³/mol. The van der Waals surface area contributed by atoms with E-state index >= 15 is 0 Å². The Kier molecular flexibility index (Phi) is 50.7. The maximum atomic E-state index is 12.7. The van der Waals surface area contributed by atoms with Gasteiger partial charge in [-0.1, -0.05) is 284 Å². The molecular formula is C56H108O6. The van der Waals surface area contributed by atoms with Crippen molar-refractivity contribution < 1.29 is 28.6 Å². The largest absolute Gasteiger partial charge is 0.462 e. The van der Waals surface area contributed by atoms with E-state index in [4.69, 9.17) is 14.2 Å². The minimum atomic E-state index is -0.758. The van der Waals surface area contributed by atoms with Crippen LogP contribution in [0.25, 0.3) is 0 Å². The average molecular weight is 877 g/mol. The maximum Gasteiger partial charge on any atom is 0.306 e. The van der Waals surface area contributed by atoms with Crippen LogP contribution in [0.4, 0.5) is 0 Å². The number of hydrogen-bond donors (Lipinski definition) is 0. The molecule has 0 radical (unpaired) electrons. The molecule has 0 aromatic rings. The van der Waals surface area contributed by atoms with Crippen molar-refractivity contribution in [2.75, 3.05) is 13.2 Å². The summed E-state index contributed by atoms with van der Waals surface area (Å²) in [6.07, 6.45) is 57.1. The molecule has 0 amide bonds. The minimum absolute atomic E-state index is 0.0626. The molecule has 1 unspecified atom stereocenters. The lowest BCUT2D eigenvalue weighted by Crippen LogP contribution is -2.30. The molecule has 0 fully saturated rings. The van der Waals surface area contributed by atoms with Crippen molar-refractivity contribution in [1.29, 1.82) is 0 Å². The Hall–Kier alpha value is -1.59. The third-order valence-corrected chi connectivity index (χ3v) is 12.9. The molecule has 62 heavy (non-hydrogen) atoms. The second-order valence-electron chi connectivity index (χ2n) is 19.2. The third kappa shape index (κ3) is 49.4. The van der Waals surface area contributed by atoms with E-state index in [1.54, 1.807) is 0 Å².